The molecule has 1 aromatic heterocycles. The highest BCUT2D eigenvalue weighted by molar-refractivity contribution is 5.42. The van der Waals surface area contributed by atoms with Gasteiger partial charge in [-0.2, -0.15) is 31.4 Å². The number of alkyl halides is 6. The lowest BCUT2D eigenvalue weighted by atomic mass is 10.1. The summed E-state index contributed by atoms with van der Waals surface area (Å²) in [6, 6.07) is 2.87. The fourth-order valence-electron chi connectivity index (χ4n) is 1.78. The van der Waals surface area contributed by atoms with E-state index in [-0.39, 0.29) is 11.3 Å². The van der Waals surface area contributed by atoms with Crippen LogP contribution in [0.5, 0.6) is 0 Å². The van der Waals surface area contributed by atoms with E-state index >= 15 is 0 Å². The fourth-order valence-corrected chi connectivity index (χ4v) is 1.78. The van der Waals surface area contributed by atoms with Crippen LogP contribution in [0.3, 0.4) is 0 Å². The van der Waals surface area contributed by atoms with E-state index < -0.39 is 30.0 Å². The van der Waals surface area contributed by atoms with E-state index in [4.69, 9.17) is 5.73 Å². The number of rotatable bonds is 2. The Morgan fingerprint density at radius 2 is 1.71 bits per heavy atom. The third-order valence-electron chi connectivity index (χ3n) is 2.79. The summed E-state index contributed by atoms with van der Waals surface area (Å²) in [4.78, 5) is 0. The first-order valence-electron chi connectivity index (χ1n) is 5.65. The highest BCUT2D eigenvalue weighted by Crippen LogP contribution is 2.33. The van der Waals surface area contributed by atoms with Crippen molar-refractivity contribution in [2.45, 2.75) is 18.9 Å². The molecule has 1 heterocycles. The summed E-state index contributed by atoms with van der Waals surface area (Å²) in [7, 11) is 0. The molecule has 0 aliphatic carbocycles. The Morgan fingerprint density at radius 3 is 2.19 bits per heavy atom. The van der Waals surface area contributed by atoms with Gasteiger partial charge in [-0.3, -0.25) is 0 Å². The maximum atomic E-state index is 12.7. The molecule has 0 spiro atoms. The Labute approximate surface area is 115 Å². The zero-order valence-corrected chi connectivity index (χ0v) is 10.3. The molecule has 0 fully saturated rings. The molecule has 0 atom stereocenters. The molecule has 0 bridgehead atoms. The van der Waals surface area contributed by atoms with Crippen LogP contribution >= 0.6 is 0 Å². The second kappa shape index (κ2) is 5.06. The normalized spacial score (nSPS) is 12.7. The lowest BCUT2D eigenvalue weighted by molar-refractivity contribution is -0.138. The molecular formula is C12H9F6N3. The van der Waals surface area contributed by atoms with Gasteiger partial charge < -0.3 is 5.73 Å². The molecule has 114 valence electrons. The number of nitrogens with two attached hydrogens (primary N) is 1. The smallest absolute Gasteiger partial charge is 0.326 e. The van der Waals surface area contributed by atoms with Gasteiger partial charge >= 0.3 is 12.4 Å². The molecular weight excluding hydrogens is 300 g/mol. The summed E-state index contributed by atoms with van der Waals surface area (Å²) in [5.41, 5.74) is 3.20. The summed E-state index contributed by atoms with van der Waals surface area (Å²) in [5, 5.41) is 3.49. The van der Waals surface area contributed by atoms with E-state index in [1.807, 2.05) is 0 Å². The van der Waals surface area contributed by atoms with Gasteiger partial charge in [0.25, 0.3) is 0 Å². The van der Waals surface area contributed by atoms with Crippen LogP contribution in [-0.2, 0) is 18.9 Å². The van der Waals surface area contributed by atoms with Gasteiger partial charge in [0, 0.05) is 12.7 Å². The number of benzene rings is 1. The standard InChI is InChI=1S/C12H9F6N3/c13-11(14,15)8-5-20-21(6-8)9-1-2-10(12(16,17)18)7(3-9)4-19/h1-3,5-6H,4,19H2. The van der Waals surface area contributed by atoms with Crippen LogP contribution in [-0.4, -0.2) is 9.78 Å². The third-order valence-corrected chi connectivity index (χ3v) is 2.79. The van der Waals surface area contributed by atoms with E-state index in [9.17, 15) is 26.3 Å². The Hall–Kier alpha value is -2.03. The number of aromatic nitrogens is 2. The van der Waals surface area contributed by atoms with Crippen molar-refractivity contribution in [1.29, 1.82) is 0 Å². The molecule has 2 N–H and O–H groups in total. The van der Waals surface area contributed by atoms with Crippen LogP contribution in [0.1, 0.15) is 16.7 Å². The maximum absolute atomic E-state index is 12.7. The van der Waals surface area contributed by atoms with Gasteiger partial charge in [0.2, 0.25) is 0 Å². The van der Waals surface area contributed by atoms with Crippen LogP contribution in [0.15, 0.2) is 30.6 Å². The average molecular weight is 309 g/mol. The molecule has 3 nitrogen and oxygen atoms in total. The van der Waals surface area contributed by atoms with Crippen molar-refractivity contribution < 1.29 is 26.3 Å². The zero-order chi connectivity index (χ0) is 15.8. The Bertz CT molecular complexity index is 641. The van der Waals surface area contributed by atoms with E-state index in [0.717, 1.165) is 22.9 Å². The van der Waals surface area contributed by atoms with Crippen molar-refractivity contribution in [3.05, 3.63) is 47.3 Å². The second-order valence-corrected chi connectivity index (χ2v) is 4.21. The van der Waals surface area contributed by atoms with Crippen molar-refractivity contribution in [3.8, 4) is 5.69 Å². The molecule has 0 aliphatic rings. The minimum absolute atomic E-state index is 0.0685. The molecule has 1 aromatic carbocycles. The van der Waals surface area contributed by atoms with Crippen molar-refractivity contribution >= 4 is 0 Å². The van der Waals surface area contributed by atoms with Crippen molar-refractivity contribution in [2.75, 3.05) is 0 Å². The van der Waals surface area contributed by atoms with Crippen LogP contribution in [0.4, 0.5) is 26.3 Å². The van der Waals surface area contributed by atoms with Gasteiger partial charge in [0.1, 0.15) is 0 Å². The van der Waals surface area contributed by atoms with Gasteiger partial charge in [0.05, 0.1) is 23.0 Å². The monoisotopic (exact) mass is 309 g/mol. The molecule has 0 radical (unpaired) electrons. The third kappa shape index (κ3) is 3.18. The number of hydrogen-bond donors (Lipinski definition) is 1. The quantitative estimate of drug-likeness (QED) is 0.864. The minimum Gasteiger partial charge on any atom is -0.326 e. The number of halogens is 6. The molecule has 9 heteroatoms. The van der Waals surface area contributed by atoms with E-state index in [1.54, 1.807) is 0 Å². The van der Waals surface area contributed by atoms with E-state index in [2.05, 4.69) is 5.10 Å². The lowest BCUT2D eigenvalue weighted by Crippen LogP contribution is -2.12. The summed E-state index contributed by atoms with van der Waals surface area (Å²) in [5.74, 6) is 0. The zero-order valence-electron chi connectivity index (χ0n) is 10.3. The second-order valence-electron chi connectivity index (χ2n) is 4.21. The molecule has 0 saturated carbocycles. The number of nitrogens with zero attached hydrogens (tertiary/aromatic N) is 2. The molecule has 0 aliphatic heterocycles. The van der Waals surface area contributed by atoms with Crippen LogP contribution in [0.2, 0.25) is 0 Å². The molecule has 0 saturated heterocycles. The first-order valence-corrected chi connectivity index (χ1v) is 5.65. The van der Waals surface area contributed by atoms with Crippen molar-refractivity contribution in [3.63, 3.8) is 0 Å². The molecule has 0 unspecified atom stereocenters. The summed E-state index contributed by atoms with van der Waals surface area (Å²) >= 11 is 0. The van der Waals surface area contributed by atoms with Crippen LogP contribution in [0, 0.1) is 0 Å². The molecule has 21 heavy (non-hydrogen) atoms. The first kappa shape index (κ1) is 15.4. The Balaban J connectivity index is 2.44. The predicted octanol–water partition coefficient (Wildman–Crippen LogP) is 3.37. The predicted molar refractivity (Wildman–Crippen MR) is 61.5 cm³/mol. The van der Waals surface area contributed by atoms with E-state index in [1.165, 1.54) is 0 Å². The van der Waals surface area contributed by atoms with Crippen molar-refractivity contribution in [2.24, 2.45) is 5.73 Å². The van der Waals surface area contributed by atoms with Gasteiger partial charge in [-0.05, 0) is 23.8 Å². The minimum atomic E-state index is -4.57. The average Bonchev–Trinajstić information content (AvgIpc) is 2.86. The largest absolute Gasteiger partial charge is 0.419 e. The van der Waals surface area contributed by atoms with Crippen molar-refractivity contribution in [1.82, 2.24) is 9.78 Å². The van der Waals surface area contributed by atoms with Gasteiger partial charge in [0.15, 0.2) is 0 Å². The topological polar surface area (TPSA) is 43.8 Å². The van der Waals surface area contributed by atoms with E-state index in [0.29, 0.717) is 12.4 Å². The molecule has 2 rings (SSSR count). The molecule has 2 aromatic rings. The summed E-state index contributed by atoms with van der Waals surface area (Å²) in [6.45, 7) is -0.393. The Morgan fingerprint density at radius 1 is 1.05 bits per heavy atom. The van der Waals surface area contributed by atoms with Crippen LogP contribution in [0.25, 0.3) is 5.69 Å². The summed E-state index contributed by atoms with van der Waals surface area (Å²) < 4.78 is 76.3. The fraction of sp³-hybridized carbons (Fsp3) is 0.250. The van der Waals surface area contributed by atoms with Gasteiger partial charge in [-0.25, -0.2) is 4.68 Å². The van der Waals surface area contributed by atoms with Gasteiger partial charge in [-0.1, -0.05) is 0 Å². The first-order chi connectivity index (χ1) is 9.63. The highest BCUT2D eigenvalue weighted by atomic mass is 19.4. The maximum Gasteiger partial charge on any atom is 0.419 e. The lowest BCUT2D eigenvalue weighted by Gasteiger charge is -2.13. The highest BCUT2D eigenvalue weighted by Gasteiger charge is 2.34. The molecule has 0 amide bonds. The van der Waals surface area contributed by atoms with Crippen LogP contribution < -0.4 is 5.73 Å². The van der Waals surface area contributed by atoms with Gasteiger partial charge in [-0.15, -0.1) is 0 Å². The summed E-state index contributed by atoms with van der Waals surface area (Å²) in [6.07, 6.45) is -7.85. The SMILES string of the molecule is NCc1cc(-n2cc(C(F)(F)F)cn2)ccc1C(F)(F)F. The Kier molecular flexibility index (Phi) is 3.70. The number of hydrogen-bond acceptors (Lipinski definition) is 2.